The van der Waals surface area contributed by atoms with Gasteiger partial charge in [-0.1, -0.05) is 6.08 Å². The zero-order valence-electron chi connectivity index (χ0n) is 23.2. The molecule has 4 heterocycles. The number of aromatic nitrogens is 1. The maximum atomic E-state index is 13.6. The summed E-state index contributed by atoms with van der Waals surface area (Å²) in [5.41, 5.74) is 2.92. The Morgan fingerprint density at radius 1 is 1.19 bits per heavy atom. The van der Waals surface area contributed by atoms with E-state index < -0.39 is 0 Å². The van der Waals surface area contributed by atoms with E-state index in [2.05, 4.69) is 21.7 Å². The van der Waals surface area contributed by atoms with E-state index in [0.717, 1.165) is 49.1 Å². The summed E-state index contributed by atoms with van der Waals surface area (Å²) in [6.07, 6.45) is 9.31. The average molecular weight is 583 g/mol. The fraction of sp³-hybridized carbons (Fsp3) is 0.387. The molecule has 2 N–H and O–H groups in total. The molecule has 4 amide bonds. The number of pyridine rings is 1. The van der Waals surface area contributed by atoms with Crippen molar-refractivity contribution in [2.45, 2.75) is 57.6 Å². The van der Waals surface area contributed by atoms with Gasteiger partial charge in [-0.3, -0.25) is 14.5 Å². The minimum atomic E-state index is -0.359. The van der Waals surface area contributed by atoms with Gasteiger partial charge in [0.1, 0.15) is 27.1 Å². The summed E-state index contributed by atoms with van der Waals surface area (Å²) in [6.45, 7) is 2.83. The summed E-state index contributed by atoms with van der Waals surface area (Å²) in [7, 11) is 0. The van der Waals surface area contributed by atoms with Crippen LogP contribution in [-0.2, 0) is 4.79 Å². The summed E-state index contributed by atoms with van der Waals surface area (Å²) >= 11 is 1.23. The third kappa shape index (κ3) is 4.96. The van der Waals surface area contributed by atoms with E-state index in [1.54, 1.807) is 28.1 Å². The van der Waals surface area contributed by atoms with Gasteiger partial charge < -0.3 is 20.3 Å². The molecule has 7 rings (SSSR count). The predicted octanol–water partition coefficient (Wildman–Crippen LogP) is 5.41. The van der Waals surface area contributed by atoms with Gasteiger partial charge in [-0.25, -0.2) is 9.78 Å². The number of benzene rings is 1. The summed E-state index contributed by atoms with van der Waals surface area (Å²) < 4.78 is 5.93. The minimum absolute atomic E-state index is 0.185. The highest BCUT2D eigenvalue weighted by atomic mass is 32.1. The standard InChI is InChI=1S/C31H30N6O4S/c1-17-13-22(41-21-6-7-21)8-9-23(17)37-24-10-11-33-29-25(24)26(35-31(37)40)27(42-29)28(38)34-20-3-2-12-36(16-20)30(39)19(15-32)14-18-4-5-18/h8-11,13-14,18,20-21H,2-7,12,16H2,1H3,(H,34,38)(H,35,40). The lowest BCUT2D eigenvalue weighted by Crippen LogP contribution is -2.50. The van der Waals surface area contributed by atoms with Crippen LogP contribution in [0.25, 0.3) is 10.2 Å². The zero-order chi connectivity index (χ0) is 29.0. The third-order valence-corrected chi connectivity index (χ3v) is 9.20. The van der Waals surface area contributed by atoms with Crippen LogP contribution in [-0.4, -0.2) is 53.0 Å². The van der Waals surface area contributed by atoms with Crippen molar-refractivity contribution in [3.05, 3.63) is 52.6 Å². The Kier molecular flexibility index (Phi) is 6.58. The van der Waals surface area contributed by atoms with Crippen LogP contribution in [0.15, 0.2) is 42.1 Å². The maximum Gasteiger partial charge on any atom is 0.331 e. The number of carbonyl (C=O) groups is 3. The molecule has 0 spiro atoms. The molecule has 2 aliphatic carbocycles. The lowest BCUT2D eigenvalue weighted by Gasteiger charge is -2.33. The first-order valence-electron chi connectivity index (χ1n) is 14.4. The first-order chi connectivity index (χ1) is 20.4. The quantitative estimate of drug-likeness (QED) is 0.283. The molecule has 4 aliphatic rings. The molecule has 3 fully saturated rings. The van der Waals surface area contributed by atoms with E-state index in [1.807, 2.05) is 25.1 Å². The van der Waals surface area contributed by atoms with Gasteiger partial charge in [0, 0.05) is 25.3 Å². The molecule has 1 saturated heterocycles. The Balaban J connectivity index is 1.13. The molecule has 1 aromatic carbocycles. The predicted molar refractivity (Wildman–Crippen MR) is 159 cm³/mol. The van der Waals surface area contributed by atoms with Crippen LogP contribution in [0, 0.1) is 24.2 Å². The van der Waals surface area contributed by atoms with Gasteiger partial charge in [0.05, 0.1) is 28.6 Å². The Hall–Kier alpha value is -4.43. The Labute approximate surface area is 246 Å². The molecule has 0 radical (unpaired) electrons. The number of ether oxygens (including phenoxy) is 1. The lowest BCUT2D eigenvalue weighted by molar-refractivity contribution is -0.128. The van der Waals surface area contributed by atoms with Gasteiger partial charge in [-0.05, 0) is 81.2 Å². The van der Waals surface area contributed by atoms with Gasteiger partial charge in [0.25, 0.3) is 11.8 Å². The summed E-state index contributed by atoms with van der Waals surface area (Å²) in [6, 6.07) is 8.93. The number of carbonyl (C=O) groups excluding carboxylic acids is 3. The molecule has 2 saturated carbocycles. The zero-order valence-corrected chi connectivity index (χ0v) is 24.0. The van der Waals surface area contributed by atoms with Crippen molar-refractivity contribution in [1.82, 2.24) is 15.2 Å². The lowest BCUT2D eigenvalue weighted by atomic mass is 10.0. The molecular weight excluding hydrogens is 552 g/mol. The second-order valence-corrected chi connectivity index (χ2v) is 12.4. The van der Waals surface area contributed by atoms with E-state index in [1.165, 1.54) is 11.3 Å². The van der Waals surface area contributed by atoms with Crippen LogP contribution >= 0.6 is 11.3 Å². The van der Waals surface area contributed by atoms with E-state index in [-0.39, 0.29) is 35.6 Å². The van der Waals surface area contributed by atoms with E-state index >= 15 is 0 Å². The molecule has 1 unspecified atom stereocenters. The van der Waals surface area contributed by atoms with Crippen LogP contribution in [0.2, 0.25) is 0 Å². The van der Waals surface area contributed by atoms with Crippen molar-refractivity contribution >= 4 is 56.5 Å². The van der Waals surface area contributed by atoms with Crippen LogP contribution in [0.3, 0.4) is 0 Å². The molecule has 42 heavy (non-hydrogen) atoms. The molecular formula is C31H30N6O4S. The molecule has 11 heteroatoms. The maximum absolute atomic E-state index is 13.6. The largest absolute Gasteiger partial charge is 0.490 e. The normalized spacial score (nSPS) is 20.2. The average Bonchev–Trinajstić information content (AvgIpc) is 3.92. The Bertz CT molecular complexity index is 1700. The summed E-state index contributed by atoms with van der Waals surface area (Å²) in [5.74, 6) is 0.516. The second-order valence-electron chi connectivity index (χ2n) is 11.4. The first kappa shape index (κ1) is 26.5. The SMILES string of the molecule is Cc1cc(OC2CC2)ccc1N1C(=O)Nc2c(C(=O)NC3CCCN(C(=O)C(C#N)=CC4CC4)C3)sc3nccc1c23. The van der Waals surface area contributed by atoms with Gasteiger partial charge in [0.15, 0.2) is 0 Å². The highest BCUT2D eigenvalue weighted by molar-refractivity contribution is 7.21. The molecule has 3 aromatic rings. The van der Waals surface area contributed by atoms with Crippen molar-refractivity contribution in [3.63, 3.8) is 0 Å². The number of allylic oxidation sites excluding steroid dienone is 1. The number of hydrogen-bond donors (Lipinski definition) is 2. The number of piperidine rings is 1. The first-order valence-corrected chi connectivity index (χ1v) is 15.2. The van der Waals surface area contributed by atoms with Crippen LogP contribution in [0.1, 0.15) is 53.8 Å². The highest BCUT2D eigenvalue weighted by Gasteiger charge is 2.35. The van der Waals surface area contributed by atoms with Gasteiger partial charge in [-0.2, -0.15) is 5.26 Å². The van der Waals surface area contributed by atoms with Gasteiger partial charge in [-0.15, -0.1) is 11.3 Å². The number of thiophene rings is 1. The number of urea groups is 1. The Morgan fingerprint density at radius 3 is 2.76 bits per heavy atom. The van der Waals surface area contributed by atoms with Crippen LogP contribution in [0.5, 0.6) is 5.75 Å². The van der Waals surface area contributed by atoms with Crippen molar-refractivity contribution in [2.24, 2.45) is 5.92 Å². The monoisotopic (exact) mass is 582 g/mol. The van der Waals surface area contributed by atoms with E-state index in [0.29, 0.717) is 51.9 Å². The van der Waals surface area contributed by atoms with Crippen LogP contribution < -0.4 is 20.3 Å². The molecule has 0 bridgehead atoms. The summed E-state index contributed by atoms with van der Waals surface area (Å²) in [5, 5.41) is 16.3. The van der Waals surface area contributed by atoms with Gasteiger partial charge >= 0.3 is 6.03 Å². The third-order valence-electron chi connectivity index (χ3n) is 8.11. The van der Waals surface area contributed by atoms with Crippen molar-refractivity contribution in [2.75, 3.05) is 23.3 Å². The second kappa shape index (κ2) is 10.4. The number of nitriles is 1. The highest BCUT2D eigenvalue weighted by Crippen LogP contribution is 2.46. The van der Waals surface area contributed by atoms with E-state index in [4.69, 9.17) is 4.74 Å². The number of aryl methyl sites for hydroxylation is 1. The number of amides is 4. The minimum Gasteiger partial charge on any atom is -0.490 e. The van der Waals surface area contributed by atoms with Gasteiger partial charge in [0.2, 0.25) is 0 Å². The van der Waals surface area contributed by atoms with Crippen molar-refractivity contribution in [3.8, 4) is 11.8 Å². The van der Waals surface area contributed by atoms with E-state index in [9.17, 15) is 19.6 Å². The topological polar surface area (TPSA) is 128 Å². The molecule has 2 aliphatic heterocycles. The Morgan fingerprint density at radius 2 is 2.02 bits per heavy atom. The van der Waals surface area contributed by atoms with Crippen molar-refractivity contribution in [1.29, 1.82) is 5.26 Å². The number of hydrogen-bond acceptors (Lipinski definition) is 7. The number of rotatable bonds is 7. The van der Waals surface area contributed by atoms with Crippen molar-refractivity contribution < 1.29 is 19.1 Å². The molecule has 2 aromatic heterocycles. The number of anilines is 3. The number of nitrogens with zero attached hydrogens (tertiary/aromatic N) is 4. The molecule has 1 atom stereocenters. The molecule has 214 valence electrons. The number of likely N-dealkylation sites (tertiary alicyclic amines) is 1. The summed E-state index contributed by atoms with van der Waals surface area (Å²) in [4.78, 5) is 48.9. The van der Waals surface area contributed by atoms with Crippen LogP contribution in [0.4, 0.5) is 21.9 Å². The number of nitrogens with one attached hydrogen (secondary N) is 2. The smallest absolute Gasteiger partial charge is 0.331 e. The fourth-order valence-electron chi connectivity index (χ4n) is 5.67. The fourth-order valence-corrected chi connectivity index (χ4v) is 6.69. The molecule has 10 nitrogen and oxygen atoms in total.